The normalized spacial score (nSPS) is 10.5. The highest BCUT2D eigenvalue weighted by Crippen LogP contribution is 2.20. The van der Waals surface area contributed by atoms with Crippen molar-refractivity contribution in [3.63, 3.8) is 0 Å². The quantitative estimate of drug-likeness (QED) is 0.761. The van der Waals surface area contributed by atoms with Crippen molar-refractivity contribution in [2.24, 2.45) is 7.05 Å². The van der Waals surface area contributed by atoms with Gasteiger partial charge in [-0.3, -0.25) is 4.79 Å². The molecular formula is C7H7N5OS2. The molecule has 0 atom stereocenters. The lowest BCUT2D eigenvalue weighted by molar-refractivity contribution is 0.664. The molecule has 0 saturated carbocycles. The molecule has 0 amide bonds. The third-order valence-corrected chi connectivity index (χ3v) is 3.55. The molecule has 0 bridgehead atoms. The SMILES string of the molecule is Cc1csc(=O)c(Sc2nnnn2C)n1. The molecule has 0 aliphatic heterocycles. The Bertz CT molecular complexity index is 534. The van der Waals surface area contributed by atoms with Crippen molar-refractivity contribution < 1.29 is 0 Å². The number of aromatic nitrogens is 5. The fourth-order valence-corrected chi connectivity index (χ4v) is 2.32. The number of tetrazole rings is 1. The molecular weight excluding hydrogens is 234 g/mol. The fraction of sp³-hybridized carbons (Fsp3) is 0.286. The second kappa shape index (κ2) is 4.07. The Morgan fingerprint density at radius 1 is 1.53 bits per heavy atom. The van der Waals surface area contributed by atoms with Crippen LogP contribution in [0.25, 0.3) is 0 Å². The van der Waals surface area contributed by atoms with Crippen LogP contribution in [-0.4, -0.2) is 25.2 Å². The topological polar surface area (TPSA) is 73.6 Å². The van der Waals surface area contributed by atoms with Gasteiger partial charge in [-0.2, -0.15) is 0 Å². The zero-order chi connectivity index (χ0) is 10.8. The molecule has 2 heterocycles. The first kappa shape index (κ1) is 10.2. The minimum atomic E-state index is -0.0754. The summed E-state index contributed by atoms with van der Waals surface area (Å²) in [5.74, 6) is 0. The van der Waals surface area contributed by atoms with E-state index in [9.17, 15) is 4.79 Å². The summed E-state index contributed by atoms with van der Waals surface area (Å²) >= 11 is 2.31. The molecule has 2 aromatic rings. The zero-order valence-electron chi connectivity index (χ0n) is 8.04. The van der Waals surface area contributed by atoms with Gasteiger partial charge in [-0.25, -0.2) is 9.67 Å². The van der Waals surface area contributed by atoms with Gasteiger partial charge in [0.15, 0.2) is 5.03 Å². The van der Waals surface area contributed by atoms with Crippen LogP contribution in [0.15, 0.2) is 20.4 Å². The highest BCUT2D eigenvalue weighted by Gasteiger charge is 2.09. The maximum atomic E-state index is 11.5. The molecule has 0 spiro atoms. The van der Waals surface area contributed by atoms with Crippen LogP contribution in [0, 0.1) is 6.92 Å². The summed E-state index contributed by atoms with van der Waals surface area (Å²) in [5.41, 5.74) is 0.817. The molecule has 0 saturated heterocycles. The van der Waals surface area contributed by atoms with E-state index < -0.39 is 0 Å². The fourth-order valence-electron chi connectivity index (χ4n) is 0.880. The second-order valence-electron chi connectivity index (χ2n) is 2.77. The predicted octanol–water partition coefficient (Wildman–Crippen LogP) is 0.486. The average Bonchev–Trinajstić information content (AvgIpc) is 2.58. The van der Waals surface area contributed by atoms with E-state index in [1.54, 1.807) is 12.4 Å². The van der Waals surface area contributed by atoms with Gasteiger partial charge < -0.3 is 0 Å². The largest absolute Gasteiger partial charge is 0.275 e. The van der Waals surface area contributed by atoms with E-state index in [1.165, 1.54) is 16.4 Å². The van der Waals surface area contributed by atoms with E-state index in [4.69, 9.17) is 0 Å². The molecule has 0 aliphatic rings. The summed E-state index contributed by atoms with van der Waals surface area (Å²) in [7, 11) is 1.71. The van der Waals surface area contributed by atoms with E-state index >= 15 is 0 Å². The van der Waals surface area contributed by atoms with E-state index in [0.717, 1.165) is 17.0 Å². The molecule has 0 unspecified atom stereocenters. The van der Waals surface area contributed by atoms with Crippen LogP contribution in [-0.2, 0) is 7.05 Å². The number of hydrogen-bond acceptors (Lipinski definition) is 7. The molecule has 0 radical (unpaired) electrons. The minimum absolute atomic E-state index is 0.0754. The Labute approximate surface area is 93.4 Å². The smallest absolute Gasteiger partial charge is 0.265 e. The lowest BCUT2D eigenvalue weighted by atomic mass is 10.6. The van der Waals surface area contributed by atoms with Gasteiger partial charge in [0.1, 0.15) is 0 Å². The molecule has 15 heavy (non-hydrogen) atoms. The Balaban J connectivity index is 2.36. The molecule has 6 nitrogen and oxygen atoms in total. The maximum Gasteiger partial charge on any atom is 0.265 e. The van der Waals surface area contributed by atoms with Gasteiger partial charge in [0.25, 0.3) is 4.74 Å². The van der Waals surface area contributed by atoms with Crippen LogP contribution in [0.5, 0.6) is 0 Å². The molecule has 2 aromatic heterocycles. The summed E-state index contributed by atoms with van der Waals surface area (Å²) < 4.78 is 1.42. The van der Waals surface area contributed by atoms with Crippen LogP contribution in [0.1, 0.15) is 5.69 Å². The van der Waals surface area contributed by atoms with Crippen LogP contribution in [0.3, 0.4) is 0 Å². The van der Waals surface area contributed by atoms with Crippen molar-refractivity contribution in [1.82, 2.24) is 25.2 Å². The summed E-state index contributed by atoms with van der Waals surface area (Å²) in [5, 5.41) is 13.6. The van der Waals surface area contributed by atoms with Gasteiger partial charge in [-0.05, 0) is 29.1 Å². The summed E-state index contributed by atoms with van der Waals surface area (Å²) in [6.07, 6.45) is 0. The summed E-state index contributed by atoms with van der Waals surface area (Å²) in [6.45, 7) is 1.84. The van der Waals surface area contributed by atoms with E-state index in [2.05, 4.69) is 20.5 Å². The van der Waals surface area contributed by atoms with Crippen LogP contribution < -0.4 is 4.74 Å². The van der Waals surface area contributed by atoms with Gasteiger partial charge in [-0.15, -0.1) is 5.10 Å². The standard InChI is InChI=1S/C7H7N5OS2/c1-4-3-14-6(13)5(8-4)15-7-9-10-11-12(7)2/h3H,1-2H3. The zero-order valence-corrected chi connectivity index (χ0v) is 9.67. The second-order valence-corrected chi connectivity index (χ2v) is 4.57. The minimum Gasteiger partial charge on any atom is -0.275 e. The number of aryl methyl sites for hydroxylation is 2. The highest BCUT2D eigenvalue weighted by molar-refractivity contribution is 7.99. The van der Waals surface area contributed by atoms with Crippen LogP contribution in [0.4, 0.5) is 0 Å². The van der Waals surface area contributed by atoms with Gasteiger partial charge in [0.05, 0.1) is 0 Å². The average molecular weight is 241 g/mol. The van der Waals surface area contributed by atoms with Crippen molar-refractivity contribution in [2.75, 3.05) is 0 Å². The monoisotopic (exact) mass is 241 g/mol. The predicted molar refractivity (Wildman–Crippen MR) is 56.0 cm³/mol. The van der Waals surface area contributed by atoms with Gasteiger partial charge in [-0.1, -0.05) is 11.3 Å². The summed E-state index contributed by atoms with van der Waals surface area (Å²) in [6, 6.07) is 0. The van der Waals surface area contributed by atoms with Gasteiger partial charge in [0.2, 0.25) is 5.16 Å². The number of nitrogens with zero attached hydrogens (tertiary/aromatic N) is 5. The molecule has 8 heteroatoms. The van der Waals surface area contributed by atoms with E-state index in [0.29, 0.717) is 10.2 Å². The third-order valence-electron chi connectivity index (χ3n) is 1.56. The van der Waals surface area contributed by atoms with Crippen LogP contribution in [0.2, 0.25) is 0 Å². The third kappa shape index (κ3) is 2.21. The Morgan fingerprint density at radius 3 is 3.00 bits per heavy atom. The lowest BCUT2D eigenvalue weighted by Gasteiger charge is -1.97. The van der Waals surface area contributed by atoms with Crippen molar-refractivity contribution in [3.05, 3.63) is 20.6 Å². The summed E-state index contributed by atoms with van der Waals surface area (Å²) in [4.78, 5) is 15.6. The first-order valence-electron chi connectivity index (χ1n) is 4.03. The van der Waals surface area contributed by atoms with Crippen molar-refractivity contribution in [3.8, 4) is 0 Å². The molecule has 0 aromatic carbocycles. The van der Waals surface area contributed by atoms with E-state index in [-0.39, 0.29) is 4.74 Å². The Hall–Kier alpha value is -1.28. The van der Waals surface area contributed by atoms with Gasteiger partial charge in [0, 0.05) is 18.1 Å². The Morgan fingerprint density at radius 2 is 2.33 bits per heavy atom. The Kier molecular flexibility index (Phi) is 2.78. The molecule has 2 rings (SSSR count). The van der Waals surface area contributed by atoms with Crippen LogP contribution >= 0.6 is 23.1 Å². The number of hydrogen-bond donors (Lipinski definition) is 0. The highest BCUT2D eigenvalue weighted by atomic mass is 32.2. The molecule has 0 N–H and O–H groups in total. The molecule has 0 fully saturated rings. The lowest BCUT2D eigenvalue weighted by Crippen LogP contribution is -2.03. The first-order chi connectivity index (χ1) is 7.16. The molecule has 0 aliphatic carbocycles. The van der Waals surface area contributed by atoms with E-state index in [1.807, 2.05) is 6.92 Å². The maximum absolute atomic E-state index is 11.5. The van der Waals surface area contributed by atoms with Crippen molar-refractivity contribution in [1.29, 1.82) is 0 Å². The van der Waals surface area contributed by atoms with Gasteiger partial charge >= 0.3 is 0 Å². The first-order valence-corrected chi connectivity index (χ1v) is 5.73. The molecule has 78 valence electrons. The number of rotatable bonds is 2. The van der Waals surface area contributed by atoms with Crippen molar-refractivity contribution >= 4 is 23.1 Å². The van der Waals surface area contributed by atoms with Crippen molar-refractivity contribution in [2.45, 2.75) is 17.1 Å².